The fraction of sp³-hybridized carbons (Fsp3) is 1.00. The molecule has 0 aromatic heterocycles. The van der Waals surface area contributed by atoms with Crippen LogP contribution in [0, 0.1) is 11.8 Å². The van der Waals surface area contributed by atoms with Gasteiger partial charge in [0, 0.05) is 12.6 Å². The number of aliphatic hydroxyl groups excluding tert-OH is 1. The maximum Gasteiger partial charge on any atom is 0.0897 e. The van der Waals surface area contributed by atoms with Crippen molar-refractivity contribution in [3.05, 3.63) is 0 Å². The molecule has 0 saturated heterocycles. The summed E-state index contributed by atoms with van der Waals surface area (Å²) >= 11 is 0. The third kappa shape index (κ3) is 6.39. The van der Waals surface area contributed by atoms with Gasteiger partial charge in [-0.15, -0.1) is 0 Å². The van der Waals surface area contributed by atoms with Crippen molar-refractivity contribution < 1.29 is 9.84 Å². The second-order valence-electron chi connectivity index (χ2n) is 5.85. The van der Waals surface area contributed by atoms with Crippen LogP contribution in [-0.2, 0) is 4.74 Å². The van der Waals surface area contributed by atoms with Crippen molar-refractivity contribution in [1.29, 1.82) is 0 Å². The van der Waals surface area contributed by atoms with Crippen LogP contribution in [0.4, 0.5) is 0 Å². The quantitative estimate of drug-likeness (QED) is 0.652. The Labute approximate surface area is 106 Å². The molecule has 3 heteroatoms. The summed E-state index contributed by atoms with van der Waals surface area (Å²) in [4.78, 5) is 0. The van der Waals surface area contributed by atoms with Gasteiger partial charge in [0.15, 0.2) is 0 Å². The fourth-order valence-corrected chi connectivity index (χ4v) is 2.30. The molecule has 1 saturated carbocycles. The summed E-state index contributed by atoms with van der Waals surface area (Å²) in [5.74, 6) is 1.49. The van der Waals surface area contributed by atoms with Gasteiger partial charge in [0.25, 0.3) is 0 Å². The summed E-state index contributed by atoms with van der Waals surface area (Å²) in [6.45, 7) is 9.79. The van der Waals surface area contributed by atoms with E-state index < -0.39 is 0 Å². The summed E-state index contributed by atoms with van der Waals surface area (Å²) in [5.41, 5.74) is 0. The van der Waals surface area contributed by atoms with Gasteiger partial charge in [0.05, 0.1) is 18.8 Å². The average molecular weight is 243 g/mol. The molecule has 1 aliphatic rings. The van der Waals surface area contributed by atoms with E-state index in [1.165, 1.54) is 12.8 Å². The molecule has 1 aliphatic carbocycles. The number of ether oxygens (including phenoxy) is 1. The number of rotatable bonds is 9. The molecule has 17 heavy (non-hydrogen) atoms. The Hall–Kier alpha value is -0.120. The van der Waals surface area contributed by atoms with Gasteiger partial charge in [-0.25, -0.2) is 0 Å². The second kappa shape index (κ2) is 7.34. The molecular weight excluding hydrogens is 214 g/mol. The van der Waals surface area contributed by atoms with Gasteiger partial charge in [-0.2, -0.15) is 0 Å². The topological polar surface area (TPSA) is 41.5 Å². The summed E-state index contributed by atoms with van der Waals surface area (Å²) in [7, 11) is 0. The third-order valence-electron chi connectivity index (χ3n) is 3.44. The van der Waals surface area contributed by atoms with E-state index in [2.05, 4.69) is 33.0 Å². The highest BCUT2D eigenvalue weighted by Crippen LogP contribution is 2.32. The minimum atomic E-state index is -0.372. The summed E-state index contributed by atoms with van der Waals surface area (Å²) in [6, 6.07) is 0.641. The molecule has 2 N–H and O–H groups in total. The Kier molecular flexibility index (Phi) is 6.45. The normalized spacial score (nSPS) is 27.2. The summed E-state index contributed by atoms with van der Waals surface area (Å²) < 4.78 is 5.63. The Bertz CT molecular complexity index is 208. The van der Waals surface area contributed by atoms with Crippen LogP contribution in [0.1, 0.15) is 47.0 Å². The van der Waals surface area contributed by atoms with Crippen LogP contribution in [0.25, 0.3) is 0 Å². The zero-order valence-corrected chi connectivity index (χ0v) is 11.8. The Morgan fingerprint density at radius 1 is 1.35 bits per heavy atom. The van der Waals surface area contributed by atoms with Crippen molar-refractivity contribution in [3.63, 3.8) is 0 Å². The van der Waals surface area contributed by atoms with Gasteiger partial charge >= 0.3 is 0 Å². The van der Waals surface area contributed by atoms with E-state index >= 15 is 0 Å². The molecule has 0 bridgehead atoms. The first-order valence-corrected chi connectivity index (χ1v) is 7.06. The predicted octanol–water partition coefficient (Wildman–Crippen LogP) is 2.19. The van der Waals surface area contributed by atoms with Gasteiger partial charge in [-0.1, -0.05) is 27.2 Å². The molecule has 102 valence electrons. The lowest BCUT2D eigenvalue weighted by molar-refractivity contribution is -0.00867. The number of hydrogen-bond acceptors (Lipinski definition) is 3. The van der Waals surface area contributed by atoms with E-state index in [1.807, 2.05) is 0 Å². The van der Waals surface area contributed by atoms with E-state index in [0.29, 0.717) is 25.1 Å². The Morgan fingerprint density at radius 3 is 2.59 bits per heavy atom. The Morgan fingerprint density at radius 2 is 2.06 bits per heavy atom. The number of nitrogens with one attached hydrogen (secondary N) is 1. The van der Waals surface area contributed by atoms with Crippen molar-refractivity contribution in [1.82, 2.24) is 5.32 Å². The lowest BCUT2D eigenvalue weighted by Gasteiger charge is -2.18. The zero-order chi connectivity index (χ0) is 12.8. The van der Waals surface area contributed by atoms with Crippen LogP contribution >= 0.6 is 0 Å². The summed E-state index contributed by atoms with van der Waals surface area (Å²) in [6.07, 6.45) is 3.45. The van der Waals surface area contributed by atoms with E-state index in [0.717, 1.165) is 12.3 Å². The van der Waals surface area contributed by atoms with Crippen LogP contribution in [0.5, 0.6) is 0 Å². The molecule has 4 unspecified atom stereocenters. The fourth-order valence-electron chi connectivity index (χ4n) is 2.30. The van der Waals surface area contributed by atoms with Crippen molar-refractivity contribution >= 4 is 0 Å². The maximum absolute atomic E-state index is 9.78. The highest BCUT2D eigenvalue weighted by molar-refractivity contribution is 4.92. The van der Waals surface area contributed by atoms with Crippen LogP contribution < -0.4 is 5.32 Å². The predicted molar refractivity (Wildman–Crippen MR) is 71.1 cm³/mol. The minimum Gasteiger partial charge on any atom is -0.389 e. The van der Waals surface area contributed by atoms with E-state index in [4.69, 9.17) is 4.74 Å². The van der Waals surface area contributed by atoms with Crippen LogP contribution in [0.15, 0.2) is 0 Å². The van der Waals surface area contributed by atoms with Crippen LogP contribution in [-0.4, -0.2) is 36.5 Å². The monoisotopic (exact) mass is 243 g/mol. The van der Waals surface area contributed by atoms with E-state index in [9.17, 15) is 5.11 Å². The molecule has 1 rings (SSSR count). The molecule has 0 aromatic carbocycles. The second-order valence-corrected chi connectivity index (χ2v) is 5.85. The smallest absolute Gasteiger partial charge is 0.0897 e. The Balaban J connectivity index is 1.99. The van der Waals surface area contributed by atoms with Crippen molar-refractivity contribution in [2.24, 2.45) is 11.8 Å². The largest absolute Gasteiger partial charge is 0.389 e. The van der Waals surface area contributed by atoms with Gasteiger partial charge in [-0.05, 0) is 31.6 Å². The van der Waals surface area contributed by atoms with Crippen LogP contribution in [0.3, 0.4) is 0 Å². The first-order valence-electron chi connectivity index (χ1n) is 7.06. The minimum absolute atomic E-state index is 0.244. The average Bonchev–Trinajstić information content (AvgIpc) is 3.01. The van der Waals surface area contributed by atoms with Crippen LogP contribution in [0.2, 0.25) is 0 Å². The highest BCUT2D eigenvalue weighted by Gasteiger charge is 2.34. The molecule has 0 aromatic rings. The molecule has 0 spiro atoms. The van der Waals surface area contributed by atoms with E-state index in [1.54, 1.807) is 0 Å². The van der Waals surface area contributed by atoms with Gasteiger partial charge < -0.3 is 15.2 Å². The molecule has 0 radical (unpaired) electrons. The summed E-state index contributed by atoms with van der Waals surface area (Å²) in [5, 5.41) is 13.2. The molecule has 0 amide bonds. The third-order valence-corrected chi connectivity index (χ3v) is 3.44. The molecular formula is C14H29NO2. The maximum atomic E-state index is 9.78. The molecule has 0 heterocycles. The molecule has 4 atom stereocenters. The van der Waals surface area contributed by atoms with Crippen molar-refractivity contribution in [2.45, 2.75) is 65.2 Å². The molecule has 3 nitrogen and oxygen atoms in total. The SMILES string of the molecule is CCC1CC1NCC(O)COC(C)CC(C)C. The van der Waals surface area contributed by atoms with Crippen molar-refractivity contribution in [3.8, 4) is 0 Å². The number of aliphatic hydroxyl groups is 1. The number of hydrogen-bond donors (Lipinski definition) is 2. The lowest BCUT2D eigenvalue weighted by Crippen LogP contribution is -2.33. The first kappa shape index (κ1) is 14.9. The first-order chi connectivity index (χ1) is 8.02. The standard InChI is InChI=1S/C14H29NO2/c1-5-12-7-14(12)15-8-13(16)9-17-11(4)6-10(2)3/h10-16H,5-9H2,1-4H3. The highest BCUT2D eigenvalue weighted by atomic mass is 16.5. The molecule has 0 aliphatic heterocycles. The lowest BCUT2D eigenvalue weighted by atomic mass is 10.1. The van der Waals surface area contributed by atoms with Gasteiger partial charge in [-0.3, -0.25) is 0 Å². The van der Waals surface area contributed by atoms with Crippen molar-refractivity contribution in [2.75, 3.05) is 13.2 Å². The molecule has 1 fully saturated rings. The van der Waals surface area contributed by atoms with Gasteiger partial charge in [0.2, 0.25) is 0 Å². The van der Waals surface area contributed by atoms with Gasteiger partial charge in [0.1, 0.15) is 0 Å². The zero-order valence-electron chi connectivity index (χ0n) is 11.8. The van der Waals surface area contributed by atoms with E-state index in [-0.39, 0.29) is 12.2 Å².